The Balaban J connectivity index is 1.74. The molecule has 0 N–H and O–H groups in total. The largest absolute Gasteiger partial charge is 0.492 e. The highest BCUT2D eigenvalue weighted by Gasteiger charge is 2.03. The van der Waals surface area contributed by atoms with E-state index in [1.165, 1.54) is 0 Å². The quantitative estimate of drug-likeness (QED) is 0.729. The average Bonchev–Trinajstić information content (AvgIpc) is 2.50. The van der Waals surface area contributed by atoms with E-state index in [9.17, 15) is 4.79 Å². The average molecular weight is 345 g/mol. The zero-order valence-corrected chi connectivity index (χ0v) is 12.8. The van der Waals surface area contributed by atoms with E-state index in [-0.39, 0.29) is 5.56 Å². The summed E-state index contributed by atoms with van der Waals surface area (Å²) < 4.78 is 8.17. The van der Waals surface area contributed by atoms with E-state index in [0.717, 1.165) is 10.2 Å². The Morgan fingerprint density at radius 1 is 1.14 bits per heavy atom. The van der Waals surface area contributed by atoms with E-state index < -0.39 is 0 Å². The molecule has 0 spiro atoms. The van der Waals surface area contributed by atoms with Gasteiger partial charge in [-0.05, 0) is 30.3 Å². The van der Waals surface area contributed by atoms with Crippen LogP contribution in [-0.2, 0) is 6.54 Å². The van der Waals surface area contributed by atoms with Crippen LogP contribution in [0, 0.1) is 0 Å². The molecule has 0 aliphatic rings. The lowest BCUT2D eigenvalue weighted by atomic mass is 10.2. The fourth-order valence-electron chi connectivity index (χ4n) is 2.08. The van der Waals surface area contributed by atoms with Crippen LogP contribution in [0.1, 0.15) is 0 Å². The molecule has 3 rings (SSSR count). The molecule has 0 radical (unpaired) electrons. The smallest absolute Gasteiger partial charge is 0.261 e. The topological polar surface area (TPSA) is 44.1 Å². The number of aromatic nitrogens is 2. The highest BCUT2D eigenvalue weighted by molar-refractivity contribution is 9.10. The van der Waals surface area contributed by atoms with Crippen molar-refractivity contribution in [2.24, 2.45) is 0 Å². The zero-order valence-electron chi connectivity index (χ0n) is 11.2. The van der Waals surface area contributed by atoms with Gasteiger partial charge in [-0.15, -0.1) is 0 Å². The number of fused-ring (bicyclic) bond motifs is 1. The van der Waals surface area contributed by atoms with Gasteiger partial charge in [-0.1, -0.05) is 34.1 Å². The van der Waals surface area contributed by atoms with Gasteiger partial charge in [0.15, 0.2) is 0 Å². The summed E-state index contributed by atoms with van der Waals surface area (Å²) in [4.78, 5) is 16.6. The van der Waals surface area contributed by atoms with Crippen LogP contribution in [-0.4, -0.2) is 16.2 Å². The third kappa shape index (κ3) is 3.13. The molecule has 2 aromatic carbocycles. The molecule has 4 nitrogen and oxygen atoms in total. The highest BCUT2D eigenvalue weighted by atomic mass is 79.9. The normalized spacial score (nSPS) is 10.7. The van der Waals surface area contributed by atoms with Crippen LogP contribution in [0.25, 0.3) is 10.9 Å². The van der Waals surface area contributed by atoms with Crippen LogP contribution in [0.3, 0.4) is 0 Å². The molecule has 106 valence electrons. The second-order valence-electron chi connectivity index (χ2n) is 4.57. The SMILES string of the molecule is O=c1c2ccccc2ncn1CCOc1cccc(Br)c1. The first-order valence-corrected chi connectivity index (χ1v) is 7.36. The molecule has 0 unspecified atom stereocenters. The standard InChI is InChI=1S/C16H13BrN2O2/c17-12-4-3-5-13(10-12)21-9-8-19-11-18-15-7-2-1-6-14(15)16(19)20/h1-7,10-11H,8-9H2. The summed E-state index contributed by atoms with van der Waals surface area (Å²) in [5, 5.41) is 0.627. The van der Waals surface area contributed by atoms with E-state index >= 15 is 0 Å². The molecule has 0 atom stereocenters. The molecule has 21 heavy (non-hydrogen) atoms. The molecular weight excluding hydrogens is 332 g/mol. The molecule has 3 aromatic rings. The van der Waals surface area contributed by atoms with E-state index in [1.54, 1.807) is 17.0 Å². The third-order valence-electron chi connectivity index (χ3n) is 3.13. The van der Waals surface area contributed by atoms with Gasteiger partial charge in [-0.2, -0.15) is 0 Å². The maximum atomic E-state index is 12.3. The zero-order chi connectivity index (χ0) is 14.7. The molecule has 0 saturated carbocycles. The van der Waals surface area contributed by atoms with Gasteiger partial charge in [-0.3, -0.25) is 9.36 Å². The van der Waals surface area contributed by atoms with Crippen LogP contribution in [0.15, 0.2) is 64.1 Å². The summed E-state index contributed by atoms with van der Waals surface area (Å²) in [6, 6.07) is 14.9. The third-order valence-corrected chi connectivity index (χ3v) is 3.62. The Morgan fingerprint density at radius 3 is 2.86 bits per heavy atom. The lowest BCUT2D eigenvalue weighted by Gasteiger charge is -2.09. The number of para-hydroxylation sites is 1. The number of hydrogen-bond acceptors (Lipinski definition) is 3. The number of rotatable bonds is 4. The maximum absolute atomic E-state index is 12.3. The minimum absolute atomic E-state index is 0.0431. The molecule has 5 heteroatoms. The summed E-state index contributed by atoms with van der Waals surface area (Å²) in [5.74, 6) is 0.770. The summed E-state index contributed by atoms with van der Waals surface area (Å²) in [6.45, 7) is 0.875. The summed E-state index contributed by atoms with van der Waals surface area (Å²) in [7, 11) is 0. The number of ether oxygens (including phenoxy) is 1. The molecular formula is C16H13BrN2O2. The molecule has 0 fully saturated rings. The van der Waals surface area contributed by atoms with Crippen LogP contribution in [0.4, 0.5) is 0 Å². The number of halogens is 1. The fraction of sp³-hybridized carbons (Fsp3) is 0.125. The van der Waals surface area contributed by atoms with E-state index in [2.05, 4.69) is 20.9 Å². The van der Waals surface area contributed by atoms with E-state index in [4.69, 9.17) is 4.74 Å². The molecule has 0 aliphatic heterocycles. The van der Waals surface area contributed by atoms with Crippen molar-refractivity contribution >= 4 is 26.8 Å². The number of nitrogens with zero attached hydrogens (tertiary/aromatic N) is 2. The molecule has 0 bridgehead atoms. The van der Waals surface area contributed by atoms with Crippen molar-refractivity contribution in [1.29, 1.82) is 0 Å². The van der Waals surface area contributed by atoms with E-state index in [1.807, 2.05) is 42.5 Å². The predicted octanol–water partition coefficient (Wildman–Crippen LogP) is 3.24. The van der Waals surface area contributed by atoms with Crippen molar-refractivity contribution in [3.8, 4) is 5.75 Å². The van der Waals surface area contributed by atoms with Crippen molar-refractivity contribution in [3.05, 3.63) is 69.7 Å². The second kappa shape index (κ2) is 6.10. The van der Waals surface area contributed by atoms with Gasteiger partial charge in [-0.25, -0.2) is 4.98 Å². The van der Waals surface area contributed by atoms with Crippen LogP contribution in [0.2, 0.25) is 0 Å². The fourth-order valence-corrected chi connectivity index (χ4v) is 2.46. The Bertz CT molecular complexity index is 830. The van der Waals surface area contributed by atoms with Gasteiger partial charge in [0.1, 0.15) is 12.4 Å². The summed E-state index contributed by atoms with van der Waals surface area (Å²) in [5.41, 5.74) is 0.671. The predicted molar refractivity (Wildman–Crippen MR) is 85.6 cm³/mol. The van der Waals surface area contributed by atoms with E-state index in [0.29, 0.717) is 24.1 Å². The monoisotopic (exact) mass is 344 g/mol. The first-order valence-electron chi connectivity index (χ1n) is 6.56. The van der Waals surface area contributed by atoms with Crippen molar-refractivity contribution < 1.29 is 4.74 Å². The van der Waals surface area contributed by atoms with Gasteiger partial charge in [0.2, 0.25) is 0 Å². The maximum Gasteiger partial charge on any atom is 0.261 e. The Morgan fingerprint density at radius 2 is 2.00 bits per heavy atom. The lowest BCUT2D eigenvalue weighted by molar-refractivity contribution is 0.296. The Kier molecular flexibility index (Phi) is 4.01. The molecule has 0 saturated heterocycles. The molecule has 0 aliphatic carbocycles. The van der Waals surface area contributed by atoms with Crippen molar-refractivity contribution in [2.45, 2.75) is 6.54 Å². The van der Waals surface area contributed by atoms with Crippen molar-refractivity contribution in [3.63, 3.8) is 0 Å². The van der Waals surface area contributed by atoms with Gasteiger partial charge in [0, 0.05) is 4.47 Å². The second-order valence-corrected chi connectivity index (χ2v) is 5.48. The number of benzene rings is 2. The molecule has 0 amide bonds. The van der Waals surface area contributed by atoms with Gasteiger partial charge >= 0.3 is 0 Å². The van der Waals surface area contributed by atoms with Crippen molar-refractivity contribution in [1.82, 2.24) is 9.55 Å². The lowest BCUT2D eigenvalue weighted by Crippen LogP contribution is -2.23. The van der Waals surface area contributed by atoms with Crippen LogP contribution >= 0.6 is 15.9 Å². The summed E-state index contributed by atoms with van der Waals surface area (Å²) >= 11 is 3.39. The van der Waals surface area contributed by atoms with Gasteiger partial charge < -0.3 is 4.74 Å². The minimum atomic E-state index is -0.0431. The molecule has 1 aromatic heterocycles. The van der Waals surface area contributed by atoms with Crippen LogP contribution in [0.5, 0.6) is 5.75 Å². The first-order chi connectivity index (χ1) is 10.2. The highest BCUT2D eigenvalue weighted by Crippen LogP contribution is 2.17. The molecule has 1 heterocycles. The van der Waals surface area contributed by atoms with Gasteiger partial charge in [0.05, 0.1) is 23.8 Å². The summed E-state index contributed by atoms with van der Waals surface area (Å²) in [6.07, 6.45) is 1.56. The Hall–Kier alpha value is -2.14. The number of hydrogen-bond donors (Lipinski definition) is 0. The van der Waals surface area contributed by atoms with Gasteiger partial charge in [0.25, 0.3) is 5.56 Å². The van der Waals surface area contributed by atoms with Crippen molar-refractivity contribution in [2.75, 3.05) is 6.61 Å². The first kappa shape index (κ1) is 13.8. The Labute approximate surface area is 130 Å². The minimum Gasteiger partial charge on any atom is -0.492 e. The van der Waals surface area contributed by atoms with Crippen LogP contribution < -0.4 is 10.3 Å².